The van der Waals surface area contributed by atoms with Crippen molar-refractivity contribution in [2.75, 3.05) is 13.7 Å². The first-order valence-corrected chi connectivity index (χ1v) is 4.60. The molecule has 1 aliphatic heterocycles. The fraction of sp³-hybridized carbons (Fsp3) is 0.556. The Bertz CT molecular complexity index is 348. The molecule has 2 heterocycles. The number of methoxy groups -OCH3 is 1. The van der Waals surface area contributed by atoms with Crippen LogP contribution in [0.1, 0.15) is 24.4 Å². The summed E-state index contributed by atoms with van der Waals surface area (Å²) in [4.78, 5) is 20.3. The van der Waals surface area contributed by atoms with Crippen molar-refractivity contribution in [2.24, 2.45) is 0 Å². The number of aromatic nitrogens is 2. The largest absolute Gasteiger partial charge is 0.453 e. The van der Waals surface area contributed by atoms with Crippen LogP contribution in [0.3, 0.4) is 0 Å². The highest BCUT2D eigenvalue weighted by atomic mass is 16.5. The van der Waals surface area contributed by atoms with Crippen LogP contribution in [0.2, 0.25) is 0 Å². The molecule has 0 radical (unpaired) electrons. The van der Waals surface area contributed by atoms with E-state index in [1.54, 1.807) is 11.2 Å². The lowest BCUT2D eigenvalue weighted by atomic mass is 10.1. The monoisotopic (exact) mass is 195 g/mol. The average Bonchev–Trinajstić information content (AvgIpc) is 2.66. The Hall–Kier alpha value is -1.52. The predicted molar refractivity (Wildman–Crippen MR) is 49.8 cm³/mol. The van der Waals surface area contributed by atoms with Crippen LogP contribution in [-0.2, 0) is 11.2 Å². The van der Waals surface area contributed by atoms with Gasteiger partial charge in [0.25, 0.3) is 0 Å². The maximum Gasteiger partial charge on any atom is 0.410 e. The molecule has 1 amide bonds. The number of carbonyl (C=O) groups excluding carboxylic acids is 1. The smallest absolute Gasteiger partial charge is 0.410 e. The molecule has 14 heavy (non-hydrogen) atoms. The van der Waals surface area contributed by atoms with E-state index in [1.807, 2.05) is 6.92 Å². The summed E-state index contributed by atoms with van der Waals surface area (Å²) in [5, 5.41) is 0. The molecule has 76 valence electrons. The molecule has 0 spiro atoms. The first-order chi connectivity index (χ1) is 6.74. The number of aromatic amines is 1. The molecule has 5 heteroatoms. The minimum Gasteiger partial charge on any atom is -0.453 e. The van der Waals surface area contributed by atoms with Crippen LogP contribution in [0.15, 0.2) is 6.33 Å². The van der Waals surface area contributed by atoms with Crippen molar-refractivity contribution in [3.63, 3.8) is 0 Å². The average molecular weight is 195 g/mol. The van der Waals surface area contributed by atoms with E-state index in [4.69, 9.17) is 4.74 Å². The molecule has 5 nitrogen and oxygen atoms in total. The summed E-state index contributed by atoms with van der Waals surface area (Å²) in [6, 6.07) is -0.00236. The van der Waals surface area contributed by atoms with Gasteiger partial charge in [-0.25, -0.2) is 9.78 Å². The minimum atomic E-state index is -0.286. The number of ether oxygens (including phenoxy) is 1. The van der Waals surface area contributed by atoms with Gasteiger partial charge in [-0.1, -0.05) is 0 Å². The van der Waals surface area contributed by atoms with Gasteiger partial charge in [-0.3, -0.25) is 4.90 Å². The summed E-state index contributed by atoms with van der Waals surface area (Å²) < 4.78 is 4.70. The number of nitrogens with zero attached hydrogens (tertiary/aromatic N) is 2. The molecule has 0 bridgehead atoms. The van der Waals surface area contributed by atoms with Crippen molar-refractivity contribution in [1.29, 1.82) is 0 Å². The Kier molecular flexibility index (Phi) is 2.15. The zero-order valence-corrected chi connectivity index (χ0v) is 8.28. The van der Waals surface area contributed by atoms with Crippen LogP contribution in [0, 0.1) is 0 Å². The molecule has 2 rings (SSSR count). The van der Waals surface area contributed by atoms with E-state index in [1.165, 1.54) is 7.11 Å². The van der Waals surface area contributed by atoms with Gasteiger partial charge in [-0.2, -0.15) is 0 Å². The normalized spacial score (nSPS) is 20.4. The number of rotatable bonds is 0. The summed E-state index contributed by atoms with van der Waals surface area (Å²) in [6.45, 7) is 2.64. The molecule has 0 aliphatic carbocycles. The van der Waals surface area contributed by atoms with Gasteiger partial charge in [0.05, 0.1) is 25.2 Å². The number of H-pyrrole nitrogens is 1. The molecule has 1 aromatic heterocycles. The minimum absolute atomic E-state index is 0.00236. The van der Waals surface area contributed by atoms with Crippen molar-refractivity contribution in [1.82, 2.24) is 14.9 Å². The number of nitrogens with one attached hydrogen (secondary N) is 1. The molecule has 0 saturated carbocycles. The number of imidazole rings is 1. The van der Waals surface area contributed by atoms with E-state index in [-0.39, 0.29) is 12.1 Å². The van der Waals surface area contributed by atoms with Gasteiger partial charge in [0.1, 0.15) is 0 Å². The van der Waals surface area contributed by atoms with Crippen LogP contribution in [0.25, 0.3) is 0 Å². The van der Waals surface area contributed by atoms with E-state index in [0.29, 0.717) is 6.54 Å². The van der Waals surface area contributed by atoms with E-state index in [0.717, 1.165) is 17.8 Å². The van der Waals surface area contributed by atoms with Gasteiger partial charge in [0, 0.05) is 18.7 Å². The van der Waals surface area contributed by atoms with Gasteiger partial charge in [-0.05, 0) is 6.92 Å². The van der Waals surface area contributed by atoms with E-state index in [2.05, 4.69) is 9.97 Å². The Labute approximate surface area is 82.1 Å². The second-order valence-corrected chi connectivity index (χ2v) is 3.36. The molecule has 1 unspecified atom stereocenters. The quantitative estimate of drug-likeness (QED) is 0.674. The van der Waals surface area contributed by atoms with Crippen LogP contribution in [-0.4, -0.2) is 34.6 Å². The standard InChI is InChI=1S/C9H13N3O2/c1-6-8-7(10-5-11-8)3-4-12(6)9(13)14-2/h5-6H,3-4H2,1-2H3,(H,10,11). The Morgan fingerprint density at radius 1 is 1.79 bits per heavy atom. The topological polar surface area (TPSA) is 58.2 Å². The Morgan fingerprint density at radius 3 is 3.29 bits per heavy atom. The number of carbonyl (C=O) groups is 1. The summed E-state index contributed by atoms with van der Waals surface area (Å²) in [6.07, 6.45) is 2.20. The highest BCUT2D eigenvalue weighted by molar-refractivity contribution is 5.68. The highest BCUT2D eigenvalue weighted by Crippen LogP contribution is 2.26. The van der Waals surface area contributed by atoms with Crippen LogP contribution in [0.5, 0.6) is 0 Å². The molecule has 1 aliphatic rings. The Balaban J connectivity index is 2.25. The zero-order valence-electron chi connectivity index (χ0n) is 8.28. The third-order valence-corrected chi connectivity index (χ3v) is 2.63. The molecule has 0 saturated heterocycles. The molecule has 0 fully saturated rings. The van der Waals surface area contributed by atoms with Gasteiger partial charge in [0.15, 0.2) is 0 Å². The maximum atomic E-state index is 11.4. The molecular formula is C9H13N3O2. The molecule has 1 atom stereocenters. The van der Waals surface area contributed by atoms with Crippen molar-refractivity contribution in [3.05, 3.63) is 17.7 Å². The van der Waals surface area contributed by atoms with Crippen LogP contribution >= 0.6 is 0 Å². The number of hydrogen-bond acceptors (Lipinski definition) is 3. The summed E-state index contributed by atoms with van der Waals surface area (Å²) in [5.74, 6) is 0. The highest BCUT2D eigenvalue weighted by Gasteiger charge is 2.29. The van der Waals surface area contributed by atoms with E-state index >= 15 is 0 Å². The second kappa shape index (κ2) is 3.32. The summed E-state index contributed by atoms with van der Waals surface area (Å²) in [5.41, 5.74) is 2.07. The lowest BCUT2D eigenvalue weighted by Gasteiger charge is -2.31. The summed E-state index contributed by atoms with van der Waals surface area (Å²) in [7, 11) is 1.40. The summed E-state index contributed by atoms with van der Waals surface area (Å²) >= 11 is 0. The molecule has 1 N–H and O–H groups in total. The van der Waals surface area contributed by atoms with Crippen molar-refractivity contribution < 1.29 is 9.53 Å². The fourth-order valence-electron chi connectivity index (χ4n) is 1.83. The zero-order chi connectivity index (χ0) is 10.1. The van der Waals surface area contributed by atoms with E-state index in [9.17, 15) is 4.79 Å². The van der Waals surface area contributed by atoms with Crippen LogP contribution in [0.4, 0.5) is 4.79 Å². The van der Waals surface area contributed by atoms with Gasteiger partial charge >= 0.3 is 6.09 Å². The number of amides is 1. The molecule has 1 aromatic rings. The van der Waals surface area contributed by atoms with Gasteiger partial charge < -0.3 is 9.72 Å². The van der Waals surface area contributed by atoms with Gasteiger partial charge in [0.2, 0.25) is 0 Å². The number of fused-ring (bicyclic) bond motifs is 1. The van der Waals surface area contributed by atoms with Gasteiger partial charge in [-0.15, -0.1) is 0 Å². The third-order valence-electron chi connectivity index (χ3n) is 2.63. The van der Waals surface area contributed by atoms with Crippen molar-refractivity contribution in [3.8, 4) is 0 Å². The first kappa shape index (κ1) is 9.05. The lowest BCUT2D eigenvalue weighted by molar-refractivity contribution is 0.104. The van der Waals surface area contributed by atoms with Crippen LogP contribution < -0.4 is 0 Å². The van der Waals surface area contributed by atoms with E-state index < -0.39 is 0 Å². The first-order valence-electron chi connectivity index (χ1n) is 4.60. The van der Waals surface area contributed by atoms with Crippen molar-refractivity contribution in [2.45, 2.75) is 19.4 Å². The lowest BCUT2D eigenvalue weighted by Crippen LogP contribution is -2.38. The molecular weight excluding hydrogens is 182 g/mol. The predicted octanol–water partition coefficient (Wildman–Crippen LogP) is 1.10. The number of hydrogen-bond donors (Lipinski definition) is 1. The molecule has 0 aromatic carbocycles. The van der Waals surface area contributed by atoms with Crippen molar-refractivity contribution >= 4 is 6.09 Å². The Morgan fingerprint density at radius 2 is 2.57 bits per heavy atom. The third kappa shape index (κ3) is 1.25. The fourth-order valence-corrected chi connectivity index (χ4v) is 1.83. The maximum absolute atomic E-state index is 11.4. The SMILES string of the molecule is COC(=O)N1CCc2[nH]cnc2C1C. The second-order valence-electron chi connectivity index (χ2n) is 3.36.